The maximum absolute atomic E-state index is 12.5. The molecule has 154 valence electrons. The van der Waals surface area contributed by atoms with Crippen LogP contribution in [0, 0.1) is 0 Å². The van der Waals surface area contributed by atoms with E-state index in [0.29, 0.717) is 0 Å². The molecular weight excluding hydrogens is 364 g/mol. The first-order chi connectivity index (χ1) is 13.9. The van der Waals surface area contributed by atoms with Crippen LogP contribution in [0.1, 0.15) is 44.9 Å². The number of likely N-dealkylation sites (tertiary alicyclic amines) is 1. The Labute approximate surface area is 172 Å². The number of carbonyl (C=O) groups is 1. The Kier molecular flexibility index (Phi) is 5.54. The third-order valence-corrected chi connectivity index (χ3v) is 5.52. The van der Waals surface area contributed by atoms with Crippen LogP contribution in [0.4, 0.5) is 4.79 Å². The van der Waals surface area contributed by atoms with Crippen molar-refractivity contribution in [1.29, 1.82) is 0 Å². The summed E-state index contributed by atoms with van der Waals surface area (Å²) in [6, 6.07) is 10.3. The molecule has 4 rings (SSSR count). The van der Waals surface area contributed by atoms with Crippen LogP contribution < -0.4 is 0 Å². The normalized spacial score (nSPS) is 19.8. The zero-order valence-electron chi connectivity index (χ0n) is 17.6. The fourth-order valence-corrected chi connectivity index (χ4v) is 4.14. The van der Waals surface area contributed by atoms with E-state index in [1.807, 2.05) is 62.2 Å². The summed E-state index contributed by atoms with van der Waals surface area (Å²) in [7, 11) is 0. The third kappa shape index (κ3) is 4.75. The lowest BCUT2D eigenvalue weighted by molar-refractivity contribution is 0.0192. The highest BCUT2D eigenvalue weighted by atomic mass is 16.6. The summed E-state index contributed by atoms with van der Waals surface area (Å²) in [5.41, 5.74) is 2.93. The number of benzene rings is 1. The van der Waals surface area contributed by atoms with Crippen molar-refractivity contribution in [2.75, 3.05) is 19.6 Å². The summed E-state index contributed by atoms with van der Waals surface area (Å²) in [6.45, 7) is 9.20. The van der Waals surface area contributed by atoms with Crippen LogP contribution in [-0.4, -0.2) is 57.1 Å². The van der Waals surface area contributed by atoms with Crippen LogP contribution >= 0.6 is 0 Å². The molecule has 0 aliphatic carbocycles. The first kappa shape index (κ1) is 19.8. The number of fused-ring (bicyclic) bond motifs is 1. The van der Waals surface area contributed by atoms with E-state index < -0.39 is 5.60 Å². The van der Waals surface area contributed by atoms with Gasteiger partial charge in [0.25, 0.3) is 0 Å². The van der Waals surface area contributed by atoms with E-state index in [1.165, 1.54) is 5.56 Å². The summed E-state index contributed by atoms with van der Waals surface area (Å²) in [6.07, 6.45) is 4.77. The van der Waals surface area contributed by atoms with Crippen molar-refractivity contribution in [3.8, 4) is 11.4 Å². The van der Waals surface area contributed by atoms with Crippen LogP contribution in [-0.2, 0) is 17.7 Å². The van der Waals surface area contributed by atoms with Crippen LogP contribution in [0.2, 0.25) is 0 Å². The standard InChI is InChI=1S/C23H30N4O2/c1-23(2,3)29-22(28)27-12-7-10-19(27)16-26-13-11-20-18(15-26)14-24-21(25-20)17-8-5-4-6-9-17/h4-6,8-9,14,19H,7,10-13,15-16H2,1-3H3. The van der Waals surface area contributed by atoms with E-state index in [4.69, 9.17) is 9.72 Å². The van der Waals surface area contributed by atoms with E-state index >= 15 is 0 Å². The summed E-state index contributed by atoms with van der Waals surface area (Å²) < 4.78 is 5.60. The molecule has 1 unspecified atom stereocenters. The largest absolute Gasteiger partial charge is 0.444 e. The van der Waals surface area contributed by atoms with Gasteiger partial charge < -0.3 is 9.64 Å². The van der Waals surface area contributed by atoms with Crippen molar-refractivity contribution in [1.82, 2.24) is 19.8 Å². The van der Waals surface area contributed by atoms with Crippen molar-refractivity contribution < 1.29 is 9.53 Å². The van der Waals surface area contributed by atoms with Crippen LogP contribution in [0.5, 0.6) is 0 Å². The first-order valence-corrected chi connectivity index (χ1v) is 10.5. The highest BCUT2D eigenvalue weighted by Crippen LogP contribution is 2.25. The Morgan fingerprint density at radius 2 is 2.00 bits per heavy atom. The van der Waals surface area contributed by atoms with E-state index in [9.17, 15) is 4.79 Å². The monoisotopic (exact) mass is 394 g/mol. The van der Waals surface area contributed by atoms with Crippen molar-refractivity contribution in [2.45, 2.75) is 58.2 Å². The number of ether oxygens (including phenoxy) is 1. The fraction of sp³-hybridized carbons (Fsp3) is 0.522. The Morgan fingerprint density at radius 3 is 2.76 bits per heavy atom. The second kappa shape index (κ2) is 8.11. The Bertz CT molecular complexity index is 863. The molecule has 1 aromatic heterocycles. The Morgan fingerprint density at radius 1 is 1.21 bits per heavy atom. The lowest BCUT2D eigenvalue weighted by Crippen LogP contribution is -2.46. The molecule has 0 radical (unpaired) electrons. The van der Waals surface area contributed by atoms with Gasteiger partial charge >= 0.3 is 6.09 Å². The Balaban J connectivity index is 1.40. The SMILES string of the molecule is CC(C)(C)OC(=O)N1CCCC1CN1CCc2nc(-c3ccccc3)ncc2C1. The van der Waals surface area contributed by atoms with Gasteiger partial charge in [-0.25, -0.2) is 14.8 Å². The van der Waals surface area contributed by atoms with E-state index in [2.05, 4.69) is 9.88 Å². The first-order valence-electron chi connectivity index (χ1n) is 10.5. The molecule has 1 saturated heterocycles. The van der Waals surface area contributed by atoms with Crippen molar-refractivity contribution >= 4 is 6.09 Å². The number of hydrogen-bond donors (Lipinski definition) is 0. The quantitative estimate of drug-likeness (QED) is 0.790. The second-order valence-electron chi connectivity index (χ2n) is 8.99. The van der Waals surface area contributed by atoms with Gasteiger partial charge in [-0.2, -0.15) is 0 Å². The van der Waals surface area contributed by atoms with E-state index in [0.717, 1.165) is 62.5 Å². The number of rotatable bonds is 3. The number of aromatic nitrogens is 2. The zero-order valence-corrected chi connectivity index (χ0v) is 17.6. The van der Waals surface area contributed by atoms with Gasteiger partial charge in [-0.05, 0) is 33.6 Å². The molecule has 2 aliphatic rings. The van der Waals surface area contributed by atoms with E-state index in [1.54, 1.807) is 0 Å². The summed E-state index contributed by atoms with van der Waals surface area (Å²) in [4.78, 5) is 26.3. The molecule has 1 atom stereocenters. The lowest BCUT2D eigenvalue weighted by atomic mass is 10.1. The van der Waals surface area contributed by atoms with Crippen LogP contribution in [0.25, 0.3) is 11.4 Å². The molecule has 1 fully saturated rings. The lowest BCUT2D eigenvalue weighted by Gasteiger charge is -2.34. The molecule has 0 spiro atoms. The van der Waals surface area contributed by atoms with Gasteiger partial charge in [0.1, 0.15) is 5.60 Å². The van der Waals surface area contributed by atoms with Gasteiger partial charge in [-0.1, -0.05) is 30.3 Å². The average Bonchev–Trinajstić information content (AvgIpc) is 3.15. The highest BCUT2D eigenvalue weighted by Gasteiger charge is 2.34. The highest BCUT2D eigenvalue weighted by molar-refractivity contribution is 5.69. The number of amides is 1. The topological polar surface area (TPSA) is 58.6 Å². The molecular formula is C23H30N4O2. The van der Waals surface area contributed by atoms with Gasteiger partial charge in [-0.15, -0.1) is 0 Å². The minimum Gasteiger partial charge on any atom is -0.444 e. The molecule has 2 aliphatic heterocycles. The third-order valence-electron chi connectivity index (χ3n) is 5.52. The van der Waals surface area contributed by atoms with Crippen molar-refractivity contribution in [3.63, 3.8) is 0 Å². The zero-order chi connectivity index (χ0) is 20.4. The molecule has 3 heterocycles. The molecule has 0 N–H and O–H groups in total. The molecule has 29 heavy (non-hydrogen) atoms. The molecule has 6 heteroatoms. The van der Waals surface area contributed by atoms with Gasteiger partial charge in [0.05, 0.1) is 5.69 Å². The molecule has 0 bridgehead atoms. The summed E-state index contributed by atoms with van der Waals surface area (Å²) >= 11 is 0. The van der Waals surface area contributed by atoms with E-state index in [-0.39, 0.29) is 12.1 Å². The molecule has 0 saturated carbocycles. The minimum absolute atomic E-state index is 0.187. The summed E-state index contributed by atoms with van der Waals surface area (Å²) in [5.74, 6) is 0.796. The Hall–Kier alpha value is -2.47. The second-order valence-corrected chi connectivity index (χ2v) is 8.99. The predicted octanol–water partition coefficient (Wildman–Crippen LogP) is 3.90. The number of hydrogen-bond acceptors (Lipinski definition) is 5. The summed E-state index contributed by atoms with van der Waals surface area (Å²) in [5, 5.41) is 0. The van der Waals surface area contributed by atoms with Crippen molar-refractivity contribution in [2.24, 2.45) is 0 Å². The van der Waals surface area contributed by atoms with Crippen molar-refractivity contribution in [3.05, 3.63) is 47.8 Å². The average molecular weight is 395 g/mol. The number of nitrogens with zero attached hydrogens (tertiary/aromatic N) is 4. The van der Waals surface area contributed by atoms with Gasteiger partial charge in [0, 0.05) is 56.0 Å². The minimum atomic E-state index is -0.456. The maximum Gasteiger partial charge on any atom is 0.410 e. The van der Waals surface area contributed by atoms with Gasteiger partial charge in [-0.3, -0.25) is 4.90 Å². The van der Waals surface area contributed by atoms with Gasteiger partial charge in [0.2, 0.25) is 0 Å². The molecule has 6 nitrogen and oxygen atoms in total. The molecule has 1 aromatic carbocycles. The van der Waals surface area contributed by atoms with Crippen LogP contribution in [0.3, 0.4) is 0 Å². The maximum atomic E-state index is 12.5. The molecule has 1 amide bonds. The number of carbonyl (C=O) groups excluding carboxylic acids is 1. The molecule has 2 aromatic rings. The van der Waals surface area contributed by atoms with Gasteiger partial charge in [0.15, 0.2) is 5.82 Å². The van der Waals surface area contributed by atoms with Crippen LogP contribution in [0.15, 0.2) is 36.5 Å². The smallest absolute Gasteiger partial charge is 0.410 e. The predicted molar refractivity (Wildman–Crippen MR) is 112 cm³/mol. The fourth-order valence-electron chi connectivity index (χ4n) is 4.14.